The largest absolute Gasteiger partial charge is 0.473 e. The number of piperidine rings is 1. The first kappa shape index (κ1) is 23.3. The minimum Gasteiger partial charge on any atom is -0.473 e. The standard InChI is InChI=1S/C20H23Cl2N3.C2H2O4/c21-18-8-7-16(13-19(18)22)25-20-6-4-5-15(17(20)14-23-25)9-12-24-10-2-1-3-11-24;3-1(4)2(5)6/h7-9,13-14H,1-6,10-12H2;(H,3,4)(H,5,6). The van der Waals surface area contributed by atoms with E-state index in [0.29, 0.717) is 10.0 Å². The van der Waals surface area contributed by atoms with Gasteiger partial charge in [-0.2, -0.15) is 5.10 Å². The zero-order valence-corrected chi connectivity index (χ0v) is 18.6. The molecule has 0 bridgehead atoms. The summed E-state index contributed by atoms with van der Waals surface area (Å²) in [7, 11) is 0. The Balaban J connectivity index is 0.000000401. The van der Waals surface area contributed by atoms with Crippen LogP contribution >= 0.6 is 23.2 Å². The lowest BCUT2D eigenvalue weighted by Gasteiger charge is -2.26. The molecule has 7 nitrogen and oxygen atoms in total. The molecule has 1 fully saturated rings. The van der Waals surface area contributed by atoms with Gasteiger partial charge in [0, 0.05) is 12.1 Å². The molecule has 2 aromatic rings. The summed E-state index contributed by atoms with van der Waals surface area (Å²) in [4.78, 5) is 20.8. The third kappa shape index (κ3) is 6.09. The van der Waals surface area contributed by atoms with Crippen LogP contribution in [0.15, 0.2) is 30.5 Å². The zero-order valence-electron chi connectivity index (χ0n) is 17.1. The minimum absolute atomic E-state index is 0.570. The highest BCUT2D eigenvalue weighted by molar-refractivity contribution is 6.42. The lowest BCUT2D eigenvalue weighted by molar-refractivity contribution is -0.159. The van der Waals surface area contributed by atoms with Gasteiger partial charge in [0.05, 0.1) is 27.6 Å². The second-order valence-electron chi connectivity index (χ2n) is 7.57. The number of fused-ring (bicyclic) bond motifs is 1. The quantitative estimate of drug-likeness (QED) is 0.645. The van der Waals surface area contributed by atoms with Gasteiger partial charge in [-0.05, 0) is 69.0 Å². The van der Waals surface area contributed by atoms with Gasteiger partial charge >= 0.3 is 11.9 Å². The van der Waals surface area contributed by atoms with Crippen molar-refractivity contribution in [3.63, 3.8) is 0 Å². The van der Waals surface area contributed by atoms with Crippen molar-refractivity contribution in [1.82, 2.24) is 14.7 Å². The van der Waals surface area contributed by atoms with Gasteiger partial charge in [0.15, 0.2) is 0 Å². The Labute approximate surface area is 190 Å². The number of allylic oxidation sites excluding steroid dienone is 1. The number of carboxylic acids is 2. The van der Waals surface area contributed by atoms with Gasteiger partial charge in [0.1, 0.15) is 0 Å². The van der Waals surface area contributed by atoms with Crippen molar-refractivity contribution in [1.29, 1.82) is 0 Å². The number of rotatable bonds is 3. The van der Waals surface area contributed by atoms with Crippen LogP contribution in [0.25, 0.3) is 11.3 Å². The molecular weight excluding hydrogens is 441 g/mol. The molecule has 2 heterocycles. The molecule has 0 radical (unpaired) electrons. The second kappa shape index (κ2) is 10.8. The number of aromatic nitrogens is 2. The average Bonchev–Trinajstić information content (AvgIpc) is 3.20. The molecular formula is C22H25Cl2N3O4. The SMILES string of the molecule is Clc1ccc(-n2ncc3c2CCCC3=CCN2CCCCC2)cc1Cl.O=C(O)C(=O)O. The molecule has 1 aromatic heterocycles. The van der Waals surface area contributed by atoms with Crippen molar-refractivity contribution in [2.75, 3.05) is 19.6 Å². The van der Waals surface area contributed by atoms with Crippen molar-refractivity contribution < 1.29 is 19.8 Å². The van der Waals surface area contributed by atoms with Crippen molar-refractivity contribution in [2.45, 2.75) is 38.5 Å². The normalized spacial score (nSPS) is 17.5. The number of hydrogen-bond donors (Lipinski definition) is 2. The van der Waals surface area contributed by atoms with Crippen LogP contribution in [-0.4, -0.2) is 56.5 Å². The Hall–Kier alpha value is -2.35. The first-order valence-corrected chi connectivity index (χ1v) is 11.0. The van der Waals surface area contributed by atoms with Gasteiger partial charge in [0.25, 0.3) is 0 Å². The predicted molar refractivity (Wildman–Crippen MR) is 120 cm³/mol. The fourth-order valence-corrected chi connectivity index (χ4v) is 4.19. The third-order valence-corrected chi connectivity index (χ3v) is 6.19. The molecule has 2 aliphatic rings. The van der Waals surface area contributed by atoms with E-state index in [0.717, 1.165) is 25.1 Å². The van der Waals surface area contributed by atoms with Crippen LogP contribution in [0.4, 0.5) is 0 Å². The predicted octanol–water partition coefficient (Wildman–Crippen LogP) is 4.54. The summed E-state index contributed by atoms with van der Waals surface area (Å²) in [5.41, 5.74) is 5.01. The Morgan fingerprint density at radius 1 is 1.00 bits per heavy atom. The van der Waals surface area contributed by atoms with E-state index in [-0.39, 0.29) is 0 Å². The van der Waals surface area contributed by atoms with Crippen LogP contribution in [0.1, 0.15) is 43.4 Å². The Morgan fingerprint density at radius 3 is 2.35 bits per heavy atom. The molecule has 0 unspecified atom stereocenters. The van der Waals surface area contributed by atoms with E-state index in [4.69, 9.17) is 43.0 Å². The zero-order chi connectivity index (χ0) is 22.4. The highest BCUT2D eigenvalue weighted by Crippen LogP contribution is 2.33. The van der Waals surface area contributed by atoms with Crippen LogP contribution in [0, 0.1) is 0 Å². The van der Waals surface area contributed by atoms with Gasteiger partial charge in [-0.3, -0.25) is 4.90 Å². The van der Waals surface area contributed by atoms with Crippen LogP contribution in [-0.2, 0) is 16.0 Å². The smallest absolute Gasteiger partial charge is 0.414 e. The molecule has 0 saturated carbocycles. The molecule has 0 atom stereocenters. The van der Waals surface area contributed by atoms with Gasteiger partial charge in [0.2, 0.25) is 0 Å². The molecule has 1 aliphatic heterocycles. The first-order chi connectivity index (χ1) is 14.9. The lowest BCUT2D eigenvalue weighted by atomic mass is 9.92. The lowest BCUT2D eigenvalue weighted by Crippen LogP contribution is -2.29. The highest BCUT2D eigenvalue weighted by Gasteiger charge is 2.20. The summed E-state index contributed by atoms with van der Waals surface area (Å²) < 4.78 is 2.02. The van der Waals surface area contributed by atoms with Crippen LogP contribution in [0.3, 0.4) is 0 Å². The molecule has 1 saturated heterocycles. The minimum atomic E-state index is -1.82. The number of hydrogen-bond acceptors (Lipinski definition) is 4. The highest BCUT2D eigenvalue weighted by atomic mass is 35.5. The molecule has 1 aromatic carbocycles. The van der Waals surface area contributed by atoms with E-state index in [1.165, 1.54) is 55.6 Å². The van der Waals surface area contributed by atoms with Gasteiger partial charge in [-0.1, -0.05) is 35.7 Å². The van der Waals surface area contributed by atoms with Gasteiger partial charge < -0.3 is 10.2 Å². The maximum absolute atomic E-state index is 9.10. The molecule has 2 N–H and O–H groups in total. The molecule has 166 valence electrons. The molecule has 9 heteroatoms. The number of nitrogens with zero attached hydrogens (tertiary/aromatic N) is 3. The maximum atomic E-state index is 9.10. The van der Waals surface area contributed by atoms with Crippen molar-refractivity contribution >= 4 is 40.7 Å². The van der Waals surface area contributed by atoms with E-state index in [1.807, 2.05) is 29.1 Å². The summed E-state index contributed by atoms with van der Waals surface area (Å²) in [6, 6.07) is 5.71. The summed E-state index contributed by atoms with van der Waals surface area (Å²) in [6.45, 7) is 3.53. The maximum Gasteiger partial charge on any atom is 0.414 e. The van der Waals surface area contributed by atoms with Crippen LogP contribution in [0.2, 0.25) is 10.0 Å². The molecule has 4 rings (SSSR count). The Bertz CT molecular complexity index is 969. The van der Waals surface area contributed by atoms with Crippen molar-refractivity contribution in [3.8, 4) is 5.69 Å². The summed E-state index contributed by atoms with van der Waals surface area (Å²) >= 11 is 12.2. The Morgan fingerprint density at radius 2 is 1.71 bits per heavy atom. The van der Waals surface area contributed by atoms with E-state index in [9.17, 15) is 0 Å². The monoisotopic (exact) mass is 465 g/mol. The number of carbonyl (C=O) groups is 2. The number of halogens is 2. The average molecular weight is 466 g/mol. The molecule has 0 amide bonds. The van der Waals surface area contributed by atoms with Crippen LogP contribution < -0.4 is 0 Å². The van der Waals surface area contributed by atoms with E-state index in [1.54, 1.807) is 0 Å². The number of aliphatic carboxylic acids is 2. The number of benzene rings is 1. The van der Waals surface area contributed by atoms with E-state index < -0.39 is 11.9 Å². The van der Waals surface area contributed by atoms with Crippen LogP contribution in [0.5, 0.6) is 0 Å². The summed E-state index contributed by atoms with van der Waals surface area (Å²) in [6.07, 6.45) is 11.9. The summed E-state index contributed by atoms with van der Waals surface area (Å²) in [5, 5.41) is 20.6. The number of likely N-dealkylation sites (tertiary alicyclic amines) is 1. The fraction of sp³-hybridized carbons (Fsp3) is 0.409. The topological polar surface area (TPSA) is 95.7 Å². The molecule has 1 aliphatic carbocycles. The van der Waals surface area contributed by atoms with Crippen molar-refractivity contribution in [3.05, 3.63) is 51.8 Å². The molecule has 0 spiro atoms. The first-order valence-electron chi connectivity index (χ1n) is 10.3. The van der Waals surface area contributed by atoms with Gasteiger partial charge in [-0.15, -0.1) is 0 Å². The van der Waals surface area contributed by atoms with E-state index >= 15 is 0 Å². The molecule has 31 heavy (non-hydrogen) atoms. The third-order valence-electron chi connectivity index (χ3n) is 5.45. The second-order valence-corrected chi connectivity index (χ2v) is 8.38. The van der Waals surface area contributed by atoms with Crippen molar-refractivity contribution in [2.24, 2.45) is 0 Å². The van der Waals surface area contributed by atoms with E-state index in [2.05, 4.69) is 16.1 Å². The summed E-state index contributed by atoms with van der Waals surface area (Å²) in [5.74, 6) is -3.65. The fourth-order valence-electron chi connectivity index (χ4n) is 3.90. The Kier molecular flexibility index (Phi) is 8.12. The van der Waals surface area contributed by atoms with Gasteiger partial charge in [-0.25, -0.2) is 14.3 Å². The number of carboxylic acid groups (broad SMARTS) is 2.